The van der Waals surface area contributed by atoms with Crippen molar-refractivity contribution in [1.82, 2.24) is 19.7 Å². The fraction of sp³-hybridized carbons (Fsp3) is 0.333. The zero-order valence-corrected chi connectivity index (χ0v) is 16.5. The van der Waals surface area contributed by atoms with Crippen LogP contribution in [0.2, 0.25) is 0 Å². The van der Waals surface area contributed by atoms with Gasteiger partial charge in [-0.05, 0) is 56.5 Å². The van der Waals surface area contributed by atoms with Gasteiger partial charge in [0.25, 0.3) is 0 Å². The number of nitrogens with zero attached hydrogens (tertiary/aromatic N) is 5. The standard InChI is InChI=1S/C21H25N7O/c1-16-14-19(27-11-3-2-4-12-27)26-21(23-16)25-18-8-6-17(7-9-18)24-20(29)15-28-13-5-10-22-28/h5-10,13-14H,2-4,11-12,15H2,1H3,(H,24,29)(H,23,25,26). The van der Waals surface area contributed by atoms with Crippen LogP contribution in [0.1, 0.15) is 25.0 Å². The number of benzene rings is 1. The van der Waals surface area contributed by atoms with Gasteiger partial charge >= 0.3 is 0 Å². The van der Waals surface area contributed by atoms with Gasteiger partial charge in [-0.2, -0.15) is 10.1 Å². The summed E-state index contributed by atoms with van der Waals surface area (Å²) in [6.07, 6.45) is 7.11. The quantitative estimate of drug-likeness (QED) is 0.670. The molecule has 4 rings (SSSR count). The summed E-state index contributed by atoms with van der Waals surface area (Å²) >= 11 is 0. The van der Waals surface area contributed by atoms with Crippen LogP contribution in [-0.4, -0.2) is 38.7 Å². The molecular formula is C21H25N7O. The highest BCUT2D eigenvalue weighted by atomic mass is 16.2. The van der Waals surface area contributed by atoms with Gasteiger partial charge in [-0.1, -0.05) is 0 Å². The first-order valence-electron chi connectivity index (χ1n) is 9.91. The topological polar surface area (TPSA) is 88.0 Å². The number of carbonyl (C=O) groups is 1. The van der Waals surface area contributed by atoms with E-state index in [1.165, 1.54) is 19.3 Å². The van der Waals surface area contributed by atoms with Crippen molar-refractivity contribution in [3.05, 3.63) is 54.5 Å². The number of aryl methyl sites for hydroxylation is 1. The Morgan fingerprint density at radius 3 is 2.55 bits per heavy atom. The number of piperidine rings is 1. The van der Waals surface area contributed by atoms with Crippen LogP contribution in [0.5, 0.6) is 0 Å². The van der Waals surface area contributed by atoms with Crippen LogP contribution in [0.4, 0.5) is 23.1 Å². The molecule has 0 spiro atoms. The first-order chi connectivity index (χ1) is 14.2. The molecule has 0 saturated carbocycles. The third kappa shape index (κ3) is 5.10. The Kier molecular flexibility index (Phi) is 5.69. The van der Waals surface area contributed by atoms with Crippen molar-refractivity contribution < 1.29 is 4.79 Å². The average molecular weight is 391 g/mol. The number of anilines is 4. The van der Waals surface area contributed by atoms with Crippen LogP contribution in [0, 0.1) is 6.92 Å². The van der Waals surface area contributed by atoms with Crippen LogP contribution >= 0.6 is 0 Å². The van der Waals surface area contributed by atoms with E-state index in [0.717, 1.165) is 36.0 Å². The van der Waals surface area contributed by atoms with Crippen LogP contribution in [0.25, 0.3) is 0 Å². The van der Waals surface area contributed by atoms with Gasteiger partial charge in [0, 0.05) is 48.6 Å². The van der Waals surface area contributed by atoms with Crippen molar-refractivity contribution in [2.75, 3.05) is 28.6 Å². The maximum absolute atomic E-state index is 12.1. The monoisotopic (exact) mass is 391 g/mol. The fourth-order valence-electron chi connectivity index (χ4n) is 3.40. The lowest BCUT2D eigenvalue weighted by atomic mass is 10.1. The van der Waals surface area contributed by atoms with Crippen LogP contribution in [-0.2, 0) is 11.3 Å². The Bertz CT molecular complexity index is 948. The van der Waals surface area contributed by atoms with Gasteiger partial charge in [-0.25, -0.2) is 4.98 Å². The first kappa shape index (κ1) is 18.9. The SMILES string of the molecule is Cc1cc(N2CCCCC2)nc(Nc2ccc(NC(=O)Cn3cccn3)cc2)n1. The first-order valence-corrected chi connectivity index (χ1v) is 9.91. The van der Waals surface area contributed by atoms with Gasteiger partial charge in [0.05, 0.1) is 0 Å². The Labute approximate surface area is 170 Å². The van der Waals surface area contributed by atoms with Gasteiger partial charge in [0.1, 0.15) is 12.4 Å². The molecule has 0 atom stereocenters. The highest BCUT2D eigenvalue weighted by molar-refractivity contribution is 5.90. The third-order valence-corrected chi connectivity index (χ3v) is 4.81. The molecule has 1 fully saturated rings. The van der Waals surface area contributed by atoms with Crippen molar-refractivity contribution >= 4 is 29.0 Å². The summed E-state index contributed by atoms with van der Waals surface area (Å²) in [6, 6.07) is 11.3. The maximum atomic E-state index is 12.1. The number of hydrogen-bond acceptors (Lipinski definition) is 6. The molecule has 150 valence electrons. The summed E-state index contributed by atoms with van der Waals surface area (Å²) < 4.78 is 1.58. The predicted octanol–water partition coefficient (Wildman–Crippen LogP) is 3.35. The van der Waals surface area contributed by atoms with E-state index in [1.807, 2.05) is 37.3 Å². The lowest BCUT2D eigenvalue weighted by molar-refractivity contribution is -0.116. The zero-order chi connectivity index (χ0) is 20.1. The smallest absolute Gasteiger partial charge is 0.246 e. The van der Waals surface area contributed by atoms with Crippen LogP contribution in [0.15, 0.2) is 48.8 Å². The second-order valence-corrected chi connectivity index (χ2v) is 7.19. The number of aromatic nitrogens is 4. The number of amides is 1. The summed E-state index contributed by atoms with van der Waals surface area (Å²) in [5.41, 5.74) is 2.53. The highest BCUT2D eigenvalue weighted by Gasteiger charge is 2.14. The van der Waals surface area contributed by atoms with Gasteiger partial charge in [-0.15, -0.1) is 0 Å². The molecule has 1 aliphatic heterocycles. The molecule has 1 aliphatic rings. The molecule has 8 heteroatoms. The highest BCUT2D eigenvalue weighted by Crippen LogP contribution is 2.22. The molecular weight excluding hydrogens is 366 g/mol. The molecule has 8 nitrogen and oxygen atoms in total. The predicted molar refractivity (Wildman–Crippen MR) is 113 cm³/mol. The van der Waals surface area contributed by atoms with E-state index in [4.69, 9.17) is 0 Å². The number of carbonyl (C=O) groups excluding carboxylic acids is 1. The molecule has 0 radical (unpaired) electrons. The van der Waals surface area contributed by atoms with Crippen molar-refractivity contribution in [1.29, 1.82) is 0 Å². The van der Waals surface area contributed by atoms with E-state index >= 15 is 0 Å². The lowest BCUT2D eigenvalue weighted by Gasteiger charge is -2.28. The summed E-state index contributed by atoms with van der Waals surface area (Å²) in [6.45, 7) is 4.26. The van der Waals surface area contributed by atoms with E-state index in [2.05, 4.69) is 30.6 Å². The van der Waals surface area contributed by atoms with Crippen LogP contribution in [0.3, 0.4) is 0 Å². The molecule has 0 unspecified atom stereocenters. The molecule has 1 amide bonds. The van der Waals surface area contributed by atoms with Gasteiger partial charge in [-0.3, -0.25) is 9.48 Å². The normalized spacial score (nSPS) is 13.9. The Balaban J connectivity index is 1.39. The second kappa shape index (κ2) is 8.72. The molecule has 1 saturated heterocycles. The second-order valence-electron chi connectivity index (χ2n) is 7.19. The van der Waals surface area contributed by atoms with Gasteiger partial charge < -0.3 is 15.5 Å². The maximum Gasteiger partial charge on any atom is 0.246 e. The summed E-state index contributed by atoms with van der Waals surface area (Å²) in [5, 5.41) is 10.2. The molecule has 0 aliphatic carbocycles. The minimum atomic E-state index is -0.123. The van der Waals surface area contributed by atoms with Gasteiger partial charge in [0.15, 0.2) is 0 Å². The lowest BCUT2D eigenvalue weighted by Crippen LogP contribution is -2.30. The van der Waals surface area contributed by atoms with Crippen molar-refractivity contribution in [2.24, 2.45) is 0 Å². The minimum absolute atomic E-state index is 0.123. The Hall–Kier alpha value is -3.42. The van der Waals surface area contributed by atoms with E-state index in [9.17, 15) is 4.79 Å². The van der Waals surface area contributed by atoms with E-state index < -0.39 is 0 Å². The molecule has 1 aromatic carbocycles. The molecule has 3 aromatic rings. The van der Waals surface area contributed by atoms with Gasteiger partial charge in [0.2, 0.25) is 11.9 Å². The molecule has 2 N–H and O–H groups in total. The van der Waals surface area contributed by atoms with E-state index in [-0.39, 0.29) is 12.5 Å². The third-order valence-electron chi connectivity index (χ3n) is 4.81. The molecule has 0 bridgehead atoms. The Morgan fingerprint density at radius 1 is 1.07 bits per heavy atom. The van der Waals surface area contributed by atoms with E-state index in [0.29, 0.717) is 5.95 Å². The average Bonchev–Trinajstić information content (AvgIpc) is 3.22. The molecule has 2 aromatic heterocycles. The van der Waals surface area contributed by atoms with Crippen LogP contribution < -0.4 is 15.5 Å². The fourth-order valence-corrected chi connectivity index (χ4v) is 3.40. The molecule has 3 heterocycles. The summed E-state index contributed by atoms with van der Waals surface area (Å²) in [4.78, 5) is 23.6. The zero-order valence-electron chi connectivity index (χ0n) is 16.5. The number of hydrogen-bond donors (Lipinski definition) is 2. The minimum Gasteiger partial charge on any atom is -0.356 e. The largest absolute Gasteiger partial charge is 0.356 e. The van der Waals surface area contributed by atoms with E-state index in [1.54, 1.807) is 23.1 Å². The van der Waals surface area contributed by atoms with Crippen molar-refractivity contribution in [2.45, 2.75) is 32.7 Å². The molecule has 29 heavy (non-hydrogen) atoms. The van der Waals surface area contributed by atoms with Crippen molar-refractivity contribution in [3.8, 4) is 0 Å². The Morgan fingerprint density at radius 2 is 1.83 bits per heavy atom. The number of nitrogens with one attached hydrogen (secondary N) is 2. The summed E-state index contributed by atoms with van der Waals surface area (Å²) in [7, 11) is 0. The summed E-state index contributed by atoms with van der Waals surface area (Å²) in [5.74, 6) is 1.44. The van der Waals surface area contributed by atoms with Crippen molar-refractivity contribution in [3.63, 3.8) is 0 Å². The number of rotatable bonds is 6.